The van der Waals surface area contributed by atoms with Gasteiger partial charge in [-0.15, -0.1) is 0 Å². The lowest BCUT2D eigenvalue weighted by Crippen LogP contribution is -2.52. The average Bonchev–Trinajstić information content (AvgIpc) is 2.83. The van der Waals surface area contributed by atoms with Gasteiger partial charge in [0.15, 0.2) is 0 Å². The number of ether oxygens (including phenoxy) is 1. The van der Waals surface area contributed by atoms with E-state index < -0.39 is 11.9 Å². The van der Waals surface area contributed by atoms with Crippen molar-refractivity contribution in [3.8, 4) is 5.75 Å². The lowest BCUT2D eigenvalue weighted by molar-refractivity contribution is -0.136. The van der Waals surface area contributed by atoms with Crippen molar-refractivity contribution in [2.75, 3.05) is 7.11 Å². The first-order valence-corrected chi connectivity index (χ1v) is 7.09. The normalized spacial score (nSPS) is 20.9. The SMILES string of the molecule is COc1cc(CN)cc2c1C(=O)N(C1CCC(=O)NC1=O)C2. The van der Waals surface area contributed by atoms with E-state index in [1.807, 2.05) is 6.07 Å². The highest BCUT2D eigenvalue weighted by Gasteiger charge is 2.40. The fourth-order valence-electron chi connectivity index (χ4n) is 3.01. The third-order valence-corrected chi connectivity index (χ3v) is 4.10. The molecule has 0 bridgehead atoms. The number of benzene rings is 1. The summed E-state index contributed by atoms with van der Waals surface area (Å²) in [4.78, 5) is 37.4. The zero-order valence-corrected chi connectivity index (χ0v) is 12.2. The summed E-state index contributed by atoms with van der Waals surface area (Å²) in [6.45, 7) is 0.668. The van der Waals surface area contributed by atoms with Crippen molar-refractivity contribution in [2.24, 2.45) is 5.73 Å². The Morgan fingerprint density at radius 1 is 1.36 bits per heavy atom. The highest BCUT2D eigenvalue weighted by Crippen LogP contribution is 2.34. The summed E-state index contributed by atoms with van der Waals surface area (Å²) in [6, 6.07) is 2.98. The quantitative estimate of drug-likeness (QED) is 0.760. The summed E-state index contributed by atoms with van der Waals surface area (Å²) in [5, 5.41) is 2.28. The Bertz CT molecular complexity index is 671. The Balaban J connectivity index is 1.94. The van der Waals surface area contributed by atoms with E-state index in [1.165, 1.54) is 12.0 Å². The summed E-state index contributed by atoms with van der Waals surface area (Å²) < 4.78 is 5.29. The van der Waals surface area contributed by atoms with Gasteiger partial charge in [0.2, 0.25) is 11.8 Å². The molecule has 1 fully saturated rings. The molecule has 3 N–H and O–H groups in total. The minimum Gasteiger partial charge on any atom is -0.496 e. The largest absolute Gasteiger partial charge is 0.496 e. The number of carbonyl (C=O) groups is 3. The van der Waals surface area contributed by atoms with Gasteiger partial charge in [0.1, 0.15) is 11.8 Å². The minimum absolute atomic E-state index is 0.238. The number of imide groups is 1. The van der Waals surface area contributed by atoms with Crippen LogP contribution in [0.4, 0.5) is 0 Å². The maximum absolute atomic E-state index is 12.7. The molecule has 2 aliphatic rings. The first-order valence-electron chi connectivity index (χ1n) is 7.09. The van der Waals surface area contributed by atoms with Gasteiger partial charge in [-0.3, -0.25) is 19.7 Å². The lowest BCUT2D eigenvalue weighted by atomic mass is 10.0. The molecule has 0 saturated carbocycles. The van der Waals surface area contributed by atoms with Crippen molar-refractivity contribution < 1.29 is 19.1 Å². The number of nitrogens with one attached hydrogen (secondary N) is 1. The fraction of sp³-hybridized carbons (Fsp3) is 0.400. The number of carbonyl (C=O) groups excluding carboxylic acids is 3. The van der Waals surface area contributed by atoms with Gasteiger partial charge in [-0.2, -0.15) is 0 Å². The number of fused-ring (bicyclic) bond motifs is 1. The standard InChI is InChI=1S/C15H17N3O4/c1-22-11-5-8(6-16)4-9-7-18(15(21)13(9)11)10-2-3-12(19)17-14(10)20/h4-5,10H,2-3,6-7,16H2,1H3,(H,17,19,20). The van der Waals surface area contributed by atoms with Gasteiger partial charge in [-0.25, -0.2) is 0 Å². The van der Waals surface area contributed by atoms with E-state index in [1.54, 1.807) is 6.07 Å². The van der Waals surface area contributed by atoms with Crippen molar-refractivity contribution in [1.82, 2.24) is 10.2 Å². The van der Waals surface area contributed by atoms with E-state index in [2.05, 4.69) is 5.32 Å². The molecule has 2 heterocycles. The van der Waals surface area contributed by atoms with E-state index in [0.29, 0.717) is 30.8 Å². The molecule has 1 atom stereocenters. The maximum atomic E-state index is 12.7. The molecule has 7 nitrogen and oxygen atoms in total. The fourth-order valence-corrected chi connectivity index (χ4v) is 3.01. The molecule has 0 aliphatic carbocycles. The molecule has 1 aromatic carbocycles. The number of rotatable bonds is 3. The molecular formula is C15H17N3O4. The van der Waals surface area contributed by atoms with E-state index in [9.17, 15) is 14.4 Å². The molecule has 0 aromatic heterocycles. The molecule has 1 unspecified atom stereocenters. The van der Waals surface area contributed by atoms with Crippen LogP contribution in [0, 0.1) is 0 Å². The van der Waals surface area contributed by atoms with Crippen LogP contribution < -0.4 is 15.8 Å². The zero-order chi connectivity index (χ0) is 15.9. The molecule has 0 radical (unpaired) electrons. The van der Waals surface area contributed by atoms with Crippen molar-refractivity contribution in [3.63, 3.8) is 0 Å². The predicted molar refractivity (Wildman–Crippen MR) is 76.9 cm³/mol. The molecule has 2 aliphatic heterocycles. The second-order valence-corrected chi connectivity index (χ2v) is 5.44. The Morgan fingerprint density at radius 3 is 2.77 bits per heavy atom. The van der Waals surface area contributed by atoms with E-state index in [-0.39, 0.29) is 18.2 Å². The molecule has 1 saturated heterocycles. The summed E-state index contributed by atoms with van der Waals surface area (Å²) in [5.41, 5.74) is 7.81. The second kappa shape index (κ2) is 5.42. The van der Waals surface area contributed by atoms with Crippen molar-refractivity contribution in [3.05, 3.63) is 28.8 Å². The number of nitrogens with two attached hydrogens (primary N) is 1. The highest BCUT2D eigenvalue weighted by molar-refractivity contribution is 6.06. The molecule has 116 valence electrons. The summed E-state index contributed by atoms with van der Waals surface area (Å²) in [6.07, 6.45) is 0.582. The predicted octanol–water partition coefficient (Wildman–Crippen LogP) is -0.0851. The van der Waals surface area contributed by atoms with Crippen LogP contribution >= 0.6 is 0 Å². The molecule has 0 spiro atoms. The first-order chi connectivity index (χ1) is 10.5. The van der Waals surface area contributed by atoms with Crippen LogP contribution in [0.1, 0.15) is 34.3 Å². The van der Waals surface area contributed by atoms with Crippen LogP contribution in [0.2, 0.25) is 0 Å². The molecule has 3 rings (SSSR count). The third-order valence-electron chi connectivity index (χ3n) is 4.10. The summed E-state index contributed by atoms with van der Waals surface area (Å²) in [5.74, 6) is -0.494. The highest BCUT2D eigenvalue weighted by atomic mass is 16.5. The van der Waals surface area contributed by atoms with Crippen molar-refractivity contribution in [1.29, 1.82) is 0 Å². The van der Waals surface area contributed by atoms with E-state index >= 15 is 0 Å². The van der Waals surface area contributed by atoms with E-state index in [0.717, 1.165) is 11.1 Å². The molecule has 1 aromatic rings. The van der Waals surface area contributed by atoms with Gasteiger partial charge in [-0.1, -0.05) is 6.07 Å². The summed E-state index contributed by atoms with van der Waals surface area (Å²) in [7, 11) is 1.50. The molecular weight excluding hydrogens is 286 g/mol. The van der Waals surface area contributed by atoms with Crippen LogP contribution in [0.15, 0.2) is 12.1 Å². The van der Waals surface area contributed by atoms with E-state index in [4.69, 9.17) is 10.5 Å². The number of methoxy groups -OCH3 is 1. The molecule has 7 heteroatoms. The van der Waals surface area contributed by atoms with Crippen LogP contribution in [0.25, 0.3) is 0 Å². The van der Waals surface area contributed by atoms with Crippen molar-refractivity contribution in [2.45, 2.75) is 32.0 Å². The number of piperidine rings is 1. The second-order valence-electron chi connectivity index (χ2n) is 5.44. The maximum Gasteiger partial charge on any atom is 0.258 e. The first kappa shape index (κ1) is 14.5. The summed E-state index contributed by atoms with van der Waals surface area (Å²) >= 11 is 0. The minimum atomic E-state index is -0.622. The van der Waals surface area contributed by atoms with Crippen LogP contribution in [0.5, 0.6) is 5.75 Å². The van der Waals surface area contributed by atoms with Gasteiger partial charge in [-0.05, 0) is 23.6 Å². The van der Waals surface area contributed by atoms with Gasteiger partial charge in [0.05, 0.1) is 12.7 Å². The molecule has 22 heavy (non-hydrogen) atoms. The van der Waals surface area contributed by atoms with Gasteiger partial charge in [0.25, 0.3) is 5.91 Å². The number of hydrogen-bond donors (Lipinski definition) is 2. The number of nitrogens with zero attached hydrogens (tertiary/aromatic N) is 1. The topological polar surface area (TPSA) is 102 Å². The van der Waals surface area contributed by atoms with Crippen LogP contribution in [0.3, 0.4) is 0 Å². The smallest absolute Gasteiger partial charge is 0.258 e. The number of amides is 3. The lowest BCUT2D eigenvalue weighted by Gasteiger charge is -2.29. The van der Waals surface area contributed by atoms with Crippen LogP contribution in [-0.4, -0.2) is 35.8 Å². The van der Waals surface area contributed by atoms with Gasteiger partial charge >= 0.3 is 0 Å². The average molecular weight is 303 g/mol. The Morgan fingerprint density at radius 2 is 2.14 bits per heavy atom. The van der Waals surface area contributed by atoms with Crippen molar-refractivity contribution >= 4 is 17.7 Å². The Labute approximate surface area is 127 Å². The number of hydrogen-bond acceptors (Lipinski definition) is 5. The Kier molecular flexibility index (Phi) is 3.58. The van der Waals surface area contributed by atoms with Crippen LogP contribution in [-0.2, 0) is 22.7 Å². The third kappa shape index (κ3) is 2.23. The van der Waals surface area contributed by atoms with Gasteiger partial charge < -0.3 is 15.4 Å². The van der Waals surface area contributed by atoms with Gasteiger partial charge in [0, 0.05) is 19.5 Å². The monoisotopic (exact) mass is 303 g/mol. The molecule has 3 amide bonds. The zero-order valence-electron chi connectivity index (χ0n) is 12.2. The Hall–Kier alpha value is -2.41.